The summed E-state index contributed by atoms with van der Waals surface area (Å²) in [4.78, 5) is 0. The van der Waals surface area contributed by atoms with Crippen LogP contribution in [0.3, 0.4) is 0 Å². The van der Waals surface area contributed by atoms with Crippen molar-refractivity contribution in [3.63, 3.8) is 0 Å². The molecule has 1 aromatic carbocycles. The Morgan fingerprint density at radius 2 is 2.13 bits per heavy atom. The predicted octanol–water partition coefficient (Wildman–Crippen LogP) is 3.13. The van der Waals surface area contributed by atoms with Crippen LogP contribution in [-0.2, 0) is 0 Å². The molecule has 0 radical (unpaired) electrons. The van der Waals surface area contributed by atoms with Crippen LogP contribution in [-0.4, -0.2) is 11.1 Å². The fourth-order valence-corrected chi connectivity index (χ4v) is 1.65. The largest absolute Gasteiger partial charge is 0.505 e. The normalized spacial score (nSPS) is 19.7. The van der Waals surface area contributed by atoms with Gasteiger partial charge < -0.3 is 10.4 Å². The van der Waals surface area contributed by atoms with Gasteiger partial charge in [-0.25, -0.2) is 4.39 Å². The van der Waals surface area contributed by atoms with Crippen LogP contribution in [0.1, 0.15) is 26.7 Å². The molecule has 0 aliphatic heterocycles. The van der Waals surface area contributed by atoms with Gasteiger partial charge in [0.25, 0.3) is 0 Å². The number of anilines is 1. The maximum Gasteiger partial charge on any atom is 0.166 e. The van der Waals surface area contributed by atoms with E-state index in [1.807, 2.05) is 0 Å². The molecule has 1 aliphatic rings. The van der Waals surface area contributed by atoms with Gasteiger partial charge in [0.1, 0.15) is 0 Å². The first kappa shape index (κ1) is 10.3. The zero-order valence-electron chi connectivity index (χ0n) is 9.05. The molecule has 0 amide bonds. The van der Waals surface area contributed by atoms with Gasteiger partial charge in [0, 0.05) is 17.8 Å². The Morgan fingerprint density at radius 1 is 1.47 bits per heavy atom. The maximum absolute atomic E-state index is 13.1. The minimum absolute atomic E-state index is 0.300. The molecule has 1 fully saturated rings. The van der Waals surface area contributed by atoms with E-state index in [1.54, 1.807) is 6.07 Å². The Hall–Kier alpha value is -1.25. The van der Waals surface area contributed by atoms with Crippen LogP contribution in [0.2, 0.25) is 0 Å². The van der Waals surface area contributed by atoms with Gasteiger partial charge in [-0.1, -0.05) is 6.92 Å². The van der Waals surface area contributed by atoms with Gasteiger partial charge in [-0.3, -0.25) is 0 Å². The quantitative estimate of drug-likeness (QED) is 0.749. The van der Waals surface area contributed by atoms with Gasteiger partial charge in [0.2, 0.25) is 0 Å². The summed E-state index contributed by atoms with van der Waals surface area (Å²) < 4.78 is 13.1. The number of halogens is 1. The third-order valence-corrected chi connectivity index (χ3v) is 3.41. The highest BCUT2D eigenvalue weighted by Gasteiger charge is 2.42. The summed E-state index contributed by atoms with van der Waals surface area (Å²) in [6, 6.07) is 4.74. The van der Waals surface area contributed by atoms with Crippen LogP contribution in [0.5, 0.6) is 5.75 Å². The molecular formula is C12H16FNO. The molecule has 0 bridgehead atoms. The molecule has 1 unspecified atom stereocenters. The van der Waals surface area contributed by atoms with Crippen LogP contribution in [0.4, 0.5) is 10.1 Å². The predicted molar refractivity (Wildman–Crippen MR) is 58.5 cm³/mol. The first-order valence-electron chi connectivity index (χ1n) is 5.26. The summed E-state index contributed by atoms with van der Waals surface area (Å²) in [7, 11) is 0. The number of hydrogen-bond donors (Lipinski definition) is 2. The highest BCUT2D eigenvalue weighted by molar-refractivity contribution is 5.48. The summed E-state index contributed by atoms with van der Waals surface area (Å²) in [6.45, 7) is 4.33. The molecule has 2 rings (SSSR count). The van der Waals surface area contributed by atoms with Crippen molar-refractivity contribution < 1.29 is 9.50 Å². The van der Waals surface area contributed by atoms with E-state index in [1.165, 1.54) is 25.0 Å². The average molecular weight is 209 g/mol. The van der Waals surface area contributed by atoms with E-state index < -0.39 is 5.82 Å². The molecule has 0 heterocycles. The van der Waals surface area contributed by atoms with E-state index >= 15 is 0 Å². The fraction of sp³-hybridized carbons (Fsp3) is 0.500. The molecule has 1 saturated carbocycles. The van der Waals surface area contributed by atoms with E-state index in [-0.39, 0.29) is 5.75 Å². The lowest BCUT2D eigenvalue weighted by Gasteiger charge is -2.21. The second kappa shape index (κ2) is 3.40. The molecule has 0 saturated heterocycles. The third-order valence-electron chi connectivity index (χ3n) is 3.41. The summed E-state index contributed by atoms with van der Waals surface area (Å²) in [5.41, 5.74) is 1.08. The average Bonchev–Trinajstić information content (AvgIpc) is 2.92. The molecule has 2 N–H and O–H groups in total. The number of benzene rings is 1. The van der Waals surface area contributed by atoms with Gasteiger partial charge in [-0.15, -0.1) is 0 Å². The number of phenolic OH excluding ortho intramolecular Hbond substituents is 1. The van der Waals surface area contributed by atoms with E-state index in [9.17, 15) is 4.39 Å². The molecule has 1 aliphatic carbocycles. The van der Waals surface area contributed by atoms with Crippen molar-refractivity contribution in [2.45, 2.75) is 32.7 Å². The van der Waals surface area contributed by atoms with E-state index in [0.29, 0.717) is 11.5 Å². The first-order valence-corrected chi connectivity index (χ1v) is 5.26. The highest BCUT2D eigenvalue weighted by atomic mass is 19.1. The summed E-state index contributed by atoms with van der Waals surface area (Å²) in [5, 5.41) is 12.3. The van der Waals surface area contributed by atoms with Gasteiger partial charge in [-0.2, -0.15) is 0 Å². The summed E-state index contributed by atoms with van der Waals surface area (Å²) >= 11 is 0. The number of hydrogen-bond acceptors (Lipinski definition) is 2. The minimum Gasteiger partial charge on any atom is -0.505 e. The van der Waals surface area contributed by atoms with Gasteiger partial charge in [-0.05, 0) is 37.3 Å². The molecule has 1 aromatic rings. The molecule has 1 atom stereocenters. The van der Waals surface area contributed by atoms with Crippen molar-refractivity contribution in [1.82, 2.24) is 0 Å². The van der Waals surface area contributed by atoms with Gasteiger partial charge >= 0.3 is 0 Å². The summed E-state index contributed by atoms with van der Waals surface area (Å²) in [6.07, 6.45) is 2.45. The van der Waals surface area contributed by atoms with Crippen molar-refractivity contribution in [3.8, 4) is 5.75 Å². The van der Waals surface area contributed by atoms with Crippen molar-refractivity contribution in [2.24, 2.45) is 5.41 Å². The van der Waals surface area contributed by atoms with E-state index in [0.717, 1.165) is 5.69 Å². The standard InChI is InChI=1S/C12H16FNO/c1-8(12(2)5-6-12)14-9-3-4-11(15)10(13)7-9/h3-4,7-8,14-15H,5-6H2,1-2H3. The number of phenols is 1. The van der Waals surface area contributed by atoms with Crippen molar-refractivity contribution >= 4 is 5.69 Å². The number of aromatic hydroxyl groups is 1. The Bertz CT molecular complexity index is 374. The smallest absolute Gasteiger partial charge is 0.166 e. The number of nitrogens with one attached hydrogen (secondary N) is 1. The van der Waals surface area contributed by atoms with Crippen molar-refractivity contribution in [3.05, 3.63) is 24.0 Å². The highest BCUT2D eigenvalue weighted by Crippen LogP contribution is 2.48. The minimum atomic E-state index is -0.576. The lowest BCUT2D eigenvalue weighted by molar-refractivity contribution is 0.432. The van der Waals surface area contributed by atoms with E-state index in [2.05, 4.69) is 19.2 Å². The lowest BCUT2D eigenvalue weighted by atomic mass is 10.0. The van der Waals surface area contributed by atoms with E-state index in [4.69, 9.17) is 5.11 Å². The Balaban J connectivity index is 2.07. The van der Waals surface area contributed by atoms with Crippen molar-refractivity contribution in [2.75, 3.05) is 5.32 Å². The van der Waals surface area contributed by atoms with Crippen molar-refractivity contribution in [1.29, 1.82) is 0 Å². The topological polar surface area (TPSA) is 32.3 Å². The van der Waals surface area contributed by atoms with Gasteiger partial charge in [0.05, 0.1) is 0 Å². The van der Waals surface area contributed by atoms with Crippen LogP contribution >= 0.6 is 0 Å². The van der Waals surface area contributed by atoms with Crippen LogP contribution < -0.4 is 5.32 Å². The monoisotopic (exact) mass is 209 g/mol. The second-order valence-electron chi connectivity index (χ2n) is 4.69. The number of rotatable bonds is 3. The summed E-state index contributed by atoms with van der Waals surface area (Å²) in [5.74, 6) is -0.876. The fourth-order valence-electron chi connectivity index (χ4n) is 1.65. The Labute approximate surface area is 89.1 Å². The Morgan fingerprint density at radius 3 is 2.67 bits per heavy atom. The molecule has 2 nitrogen and oxygen atoms in total. The van der Waals surface area contributed by atoms with Gasteiger partial charge in [0.15, 0.2) is 11.6 Å². The molecular weight excluding hydrogens is 193 g/mol. The molecule has 0 aromatic heterocycles. The molecule has 15 heavy (non-hydrogen) atoms. The Kier molecular flexibility index (Phi) is 2.33. The van der Waals surface area contributed by atoms with Crippen LogP contribution in [0.25, 0.3) is 0 Å². The SMILES string of the molecule is CC(Nc1ccc(O)c(F)c1)C1(C)CC1. The van der Waals surface area contributed by atoms with Crippen LogP contribution in [0.15, 0.2) is 18.2 Å². The maximum atomic E-state index is 13.1. The second-order valence-corrected chi connectivity index (χ2v) is 4.69. The molecule has 0 spiro atoms. The molecule has 3 heteroatoms. The zero-order chi connectivity index (χ0) is 11.1. The van der Waals surface area contributed by atoms with Crippen LogP contribution in [0, 0.1) is 11.2 Å². The lowest BCUT2D eigenvalue weighted by Crippen LogP contribution is -2.24. The molecule has 82 valence electrons. The third kappa shape index (κ3) is 2.06. The zero-order valence-corrected chi connectivity index (χ0v) is 9.05. The first-order chi connectivity index (χ1) is 7.01.